The molecule has 484 valence electrons. The molecule has 0 fully saturated rings. The van der Waals surface area contributed by atoms with Crippen LogP contribution in [0, 0.1) is 0 Å². The molecule has 0 atom stereocenters. The van der Waals surface area contributed by atoms with Gasteiger partial charge in [-0.05, 0) is 149 Å². The van der Waals surface area contributed by atoms with Crippen LogP contribution in [0.1, 0.15) is 0 Å². The Bertz CT molecular complexity index is 6220. The van der Waals surface area contributed by atoms with E-state index in [9.17, 15) is 0 Å². The highest BCUT2D eigenvalue weighted by Gasteiger charge is 2.46. The summed E-state index contributed by atoms with van der Waals surface area (Å²) in [7, 11) is 0. The van der Waals surface area contributed by atoms with Crippen LogP contribution in [0.3, 0.4) is 0 Å². The van der Waals surface area contributed by atoms with Gasteiger partial charge in [0.15, 0.2) is 0 Å². The number of para-hydroxylation sites is 5. The number of benzene rings is 14. The maximum atomic E-state index is 6.42. The lowest BCUT2D eigenvalue weighted by molar-refractivity contribution is 0.311. The zero-order valence-corrected chi connectivity index (χ0v) is 56.7. The Morgan fingerprint density at radius 1 is 0.223 bits per heavy atom. The molecule has 20 aromatic rings. The number of rotatable bonds is 11. The summed E-state index contributed by atoms with van der Waals surface area (Å²) in [6, 6.07) is 115. The van der Waals surface area contributed by atoms with E-state index >= 15 is 0 Å². The molecular formula is C93H60AlN5O4. The molecule has 14 aromatic carbocycles. The summed E-state index contributed by atoms with van der Waals surface area (Å²) in [5.41, 5.74) is 18.0. The molecular weight excluding hydrogens is 1280 g/mol. The minimum absolute atomic E-state index is 0.608. The van der Waals surface area contributed by atoms with Crippen molar-refractivity contribution in [3.63, 3.8) is 0 Å². The van der Waals surface area contributed by atoms with Gasteiger partial charge in [0.05, 0.1) is 11.0 Å². The number of nitrogens with zero attached hydrogens (tertiary/aromatic N) is 5. The van der Waals surface area contributed by atoms with Gasteiger partial charge in [-0.15, -0.1) is 0 Å². The van der Waals surface area contributed by atoms with Crippen molar-refractivity contribution in [2.45, 2.75) is 0 Å². The highest BCUT2D eigenvalue weighted by atomic mass is 27.3. The molecule has 0 saturated carbocycles. The van der Waals surface area contributed by atoms with Gasteiger partial charge in [-0.25, -0.2) is 0 Å². The second-order valence-corrected chi connectivity index (χ2v) is 26.5. The van der Waals surface area contributed by atoms with E-state index in [2.05, 4.69) is 243 Å². The monoisotopic (exact) mass is 1340 g/mol. The Morgan fingerprint density at radius 2 is 0.612 bits per heavy atom. The van der Waals surface area contributed by atoms with Gasteiger partial charge in [0.2, 0.25) is 0 Å². The Hall–Kier alpha value is -13.4. The minimum Gasteiger partial charge on any atom is -0.576 e. The first-order chi connectivity index (χ1) is 51.1. The largest absolute Gasteiger partial charge is 1.20 e. The van der Waals surface area contributed by atoms with Crippen LogP contribution in [0.5, 0.6) is 17.2 Å². The van der Waals surface area contributed by atoms with Crippen molar-refractivity contribution >= 4 is 124 Å². The molecule has 0 aliphatic carbocycles. The van der Waals surface area contributed by atoms with Crippen LogP contribution in [0.15, 0.2) is 369 Å². The fourth-order valence-electron chi connectivity index (χ4n) is 14.4. The summed E-state index contributed by atoms with van der Waals surface area (Å²) in [4.78, 5) is 22.9. The predicted octanol–water partition coefficient (Wildman–Crippen LogP) is 24.0. The molecule has 0 aliphatic rings. The van der Waals surface area contributed by atoms with Gasteiger partial charge in [-0.2, -0.15) is 0 Å². The van der Waals surface area contributed by atoms with Crippen molar-refractivity contribution in [2.75, 3.05) is 0 Å². The number of aromatic nitrogens is 5. The lowest BCUT2D eigenvalue weighted by atomic mass is 9.85. The van der Waals surface area contributed by atoms with Crippen LogP contribution in [-0.4, -0.2) is 40.1 Å². The molecule has 0 spiro atoms. The Labute approximate surface area is 598 Å². The molecule has 0 amide bonds. The first-order valence-corrected chi connectivity index (χ1v) is 35.7. The van der Waals surface area contributed by atoms with Crippen molar-refractivity contribution in [2.24, 2.45) is 0 Å². The van der Waals surface area contributed by atoms with E-state index in [4.69, 9.17) is 15.8 Å². The van der Waals surface area contributed by atoms with E-state index in [0.29, 0.717) is 17.2 Å². The lowest BCUT2D eigenvalue weighted by Crippen LogP contribution is -2.37. The number of fused-ring (bicyclic) bond motifs is 12. The third-order valence-corrected chi connectivity index (χ3v) is 20.4. The van der Waals surface area contributed by atoms with Crippen LogP contribution in [-0.2, 0) is 0 Å². The van der Waals surface area contributed by atoms with E-state index < -0.39 is 15.1 Å². The van der Waals surface area contributed by atoms with Gasteiger partial charge in [-0.1, -0.05) is 267 Å². The molecule has 6 aromatic heterocycles. The lowest BCUT2D eigenvalue weighted by Gasteiger charge is -2.18. The van der Waals surface area contributed by atoms with E-state index in [0.717, 1.165) is 87.6 Å². The minimum atomic E-state index is -2.86. The Balaban J connectivity index is 0.000000114. The van der Waals surface area contributed by atoms with Crippen LogP contribution >= 0.6 is 0 Å². The SMILES string of the molecule is c1cc(-c2c3ccccc3c(-c3ccc4ccccc4c3)c3ccccc23)cc(-c2cccc3c2oc2ccccc23)c1.c1ccc(-c2ccnc3c2ccc2c(-c4ccccc4)ccnc23)cc1.c1cnc2c([O][Al]([O]c3cccc4cccnc34)[O]c3cccc4cccnc34)cccc2c1. The van der Waals surface area contributed by atoms with Crippen molar-refractivity contribution in [1.29, 1.82) is 0 Å². The van der Waals surface area contributed by atoms with Crippen LogP contribution < -0.4 is 11.4 Å². The summed E-state index contributed by atoms with van der Waals surface area (Å²) in [5.74, 6) is 1.82. The smallest absolute Gasteiger partial charge is 0.576 e. The topological polar surface area (TPSA) is 105 Å². The first kappa shape index (κ1) is 61.9. The van der Waals surface area contributed by atoms with E-state index in [-0.39, 0.29) is 0 Å². The second kappa shape index (κ2) is 27.4. The quantitative estimate of drug-likeness (QED) is 0.0711. The average molecular weight is 1340 g/mol. The Kier molecular flexibility index (Phi) is 16.5. The van der Waals surface area contributed by atoms with Crippen LogP contribution in [0.2, 0.25) is 0 Å². The van der Waals surface area contributed by atoms with Crippen LogP contribution in [0.25, 0.3) is 164 Å². The van der Waals surface area contributed by atoms with E-state index in [1.54, 1.807) is 18.6 Å². The number of pyridine rings is 5. The maximum absolute atomic E-state index is 6.42. The molecule has 10 heteroatoms. The summed E-state index contributed by atoms with van der Waals surface area (Å²) >= 11 is -2.86. The first-order valence-electron chi connectivity index (χ1n) is 34.3. The third-order valence-electron chi connectivity index (χ3n) is 19.1. The van der Waals surface area contributed by atoms with Gasteiger partial charge in [-0.3, -0.25) is 24.9 Å². The fraction of sp³-hybridized carbons (Fsp3) is 0. The normalized spacial score (nSPS) is 11.3. The van der Waals surface area contributed by atoms with Crippen LogP contribution in [0.4, 0.5) is 0 Å². The van der Waals surface area contributed by atoms with Gasteiger partial charge in [0, 0.05) is 74.3 Å². The molecule has 0 aliphatic heterocycles. The highest BCUT2D eigenvalue weighted by molar-refractivity contribution is 6.40. The summed E-state index contributed by atoms with van der Waals surface area (Å²) in [6.07, 6.45) is 8.99. The molecule has 20 rings (SSSR count). The van der Waals surface area contributed by atoms with E-state index in [1.807, 2.05) is 128 Å². The number of hydrogen-bond donors (Lipinski definition) is 0. The molecule has 0 unspecified atom stereocenters. The van der Waals surface area contributed by atoms with Crippen molar-refractivity contribution in [3.05, 3.63) is 365 Å². The second-order valence-electron chi connectivity index (χ2n) is 25.2. The van der Waals surface area contributed by atoms with Crippen molar-refractivity contribution < 1.29 is 15.8 Å². The van der Waals surface area contributed by atoms with Gasteiger partial charge < -0.3 is 15.8 Å². The molecule has 9 nitrogen and oxygen atoms in total. The molecule has 0 bridgehead atoms. The van der Waals surface area contributed by atoms with Gasteiger partial charge >= 0.3 is 15.1 Å². The summed E-state index contributed by atoms with van der Waals surface area (Å²) in [5, 5.41) is 15.0. The molecule has 0 radical (unpaired) electrons. The predicted molar refractivity (Wildman–Crippen MR) is 423 cm³/mol. The zero-order valence-electron chi connectivity index (χ0n) is 55.6. The molecule has 6 heterocycles. The number of hydrogen-bond acceptors (Lipinski definition) is 9. The zero-order chi connectivity index (χ0) is 68.4. The highest BCUT2D eigenvalue weighted by Crippen LogP contribution is 2.46. The van der Waals surface area contributed by atoms with E-state index in [1.165, 1.54) is 76.8 Å². The summed E-state index contributed by atoms with van der Waals surface area (Å²) in [6.45, 7) is 0. The maximum Gasteiger partial charge on any atom is 1.20 e. The van der Waals surface area contributed by atoms with Crippen molar-refractivity contribution in [3.8, 4) is 72.9 Å². The summed E-state index contributed by atoms with van der Waals surface area (Å²) < 4.78 is 25.6. The van der Waals surface area contributed by atoms with Gasteiger partial charge in [0.25, 0.3) is 0 Å². The fourth-order valence-corrected chi connectivity index (χ4v) is 15.7. The molecule has 103 heavy (non-hydrogen) atoms. The third kappa shape index (κ3) is 12.0. The molecule has 0 saturated heterocycles. The molecule has 0 N–H and O–H groups in total. The standard InChI is InChI=1S/C42H26O.C24H16N2.3C9H7NO.Al/c1-2-12-28-25-31(24-23-27(28)11-1)41-36-18-5-3-16-34(36)40(35-17-4-6-19-37(35)41)30-14-9-13-29(26-30)32-20-10-21-38-33-15-7-8-22-39(33)43-42(32)38;1-3-7-17(8-4-1)19-13-15-25-23-21(19)11-12-22-20(14-16-26-24(22)23)18-9-5-2-6-10-18;3*11-8-5-1-3-7-4-2-6-10-9(7)8;/h1-26H;1-16H;3*1-6,11H;/q;;;;;+3/p-3. The number of furan rings is 1. The average Bonchev–Trinajstić information content (AvgIpc) is 0.922. The van der Waals surface area contributed by atoms with Crippen molar-refractivity contribution in [1.82, 2.24) is 24.9 Å². The van der Waals surface area contributed by atoms with Gasteiger partial charge in [0.1, 0.15) is 45.0 Å². The Morgan fingerprint density at radius 3 is 1.14 bits per heavy atom.